The molecule has 4 heterocycles. The number of piperidine rings is 1. The number of carbonyl (C=O) groups excluding carboxylic acids is 1. The summed E-state index contributed by atoms with van der Waals surface area (Å²) in [7, 11) is 0. The van der Waals surface area contributed by atoms with Crippen LogP contribution in [0.2, 0.25) is 0 Å². The first-order valence-electron chi connectivity index (χ1n) is 8.68. The van der Waals surface area contributed by atoms with Crippen LogP contribution >= 0.6 is 0 Å². The number of aromatic amines is 1. The van der Waals surface area contributed by atoms with E-state index in [2.05, 4.69) is 15.0 Å². The molecule has 140 valence electrons. The van der Waals surface area contributed by atoms with Gasteiger partial charge in [-0.1, -0.05) is 0 Å². The molecular weight excluding hydrogens is 357 g/mol. The van der Waals surface area contributed by atoms with Gasteiger partial charge >= 0.3 is 6.18 Å². The van der Waals surface area contributed by atoms with E-state index >= 15 is 0 Å². The number of hydrogen-bond donors (Lipinski definition) is 1. The molecule has 0 radical (unpaired) electrons. The van der Waals surface area contributed by atoms with E-state index < -0.39 is 11.7 Å². The van der Waals surface area contributed by atoms with Gasteiger partial charge in [-0.05, 0) is 48.6 Å². The Balaban J connectivity index is 1.43. The third-order valence-corrected chi connectivity index (χ3v) is 5.02. The number of halogens is 3. The van der Waals surface area contributed by atoms with Gasteiger partial charge in [-0.15, -0.1) is 0 Å². The van der Waals surface area contributed by atoms with Crippen LogP contribution in [-0.4, -0.2) is 38.8 Å². The molecule has 1 aliphatic rings. The number of H-pyrrole nitrogens is 1. The average molecular weight is 374 g/mol. The van der Waals surface area contributed by atoms with E-state index in [1.165, 1.54) is 5.56 Å². The Morgan fingerprint density at radius 1 is 1.15 bits per heavy atom. The van der Waals surface area contributed by atoms with Gasteiger partial charge < -0.3 is 9.88 Å². The minimum atomic E-state index is -4.46. The molecule has 1 amide bonds. The van der Waals surface area contributed by atoms with Crippen molar-refractivity contribution in [1.82, 2.24) is 19.9 Å². The van der Waals surface area contributed by atoms with Gasteiger partial charge in [0.25, 0.3) is 5.91 Å². The number of hydrogen-bond acceptors (Lipinski definition) is 3. The quantitative estimate of drug-likeness (QED) is 0.738. The summed E-state index contributed by atoms with van der Waals surface area (Å²) in [6, 6.07) is 5.96. The highest BCUT2D eigenvalue weighted by Crippen LogP contribution is 2.33. The molecule has 1 aliphatic heterocycles. The second-order valence-electron chi connectivity index (χ2n) is 6.64. The fourth-order valence-electron chi connectivity index (χ4n) is 3.56. The summed E-state index contributed by atoms with van der Waals surface area (Å²) in [6.45, 7) is 1.08. The van der Waals surface area contributed by atoms with Gasteiger partial charge in [0.1, 0.15) is 11.3 Å². The van der Waals surface area contributed by atoms with Crippen LogP contribution in [0, 0.1) is 0 Å². The minimum absolute atomic E-state index is 0.0396. The molecule has 0 saturated carbocycles. The maximum Gasteiger partial charge on any atom is 0.417 e. The first-order valence-corrected chi connectivity index (χ1v) is 8.68. The molecule has 4 rings (SSSR count). The van der Waals surface area contributed by atoms with Gasteiger partial charge in [0.15, 0.2) is 0 Å². The smallest absolute Gasteiger partial charge is 0.346 e. The normalized spacial score (nSPS) is 16.0. The lowest BCUT2D eigenvalue weighted by molar-refractivity contribution is -0.137. The fourth-order valence-corrected chi connectivity index (χ4v) is 3.56. The van der Waals surface area contributed by atoms with Crippen molar-refractivity contribution in [1.29, 1.82) is 0 Å². The molecule has 3 aromatic heterocycles. The number of likely N-dealkylation sites (tertiary alicyclic amines) is 1. The molecule has 1 saturated heterocycles. The third-order valence-electron chi connectivity index (χ3n) is 5.02. The standard InChI is InChI=1S/C19H17F3N4O/c20-19(21,22)13-3-4-16(24-10-13)18(27)26-8-5-12(6-9-26)15-11-25-17-14(15)2-1-7-23-17/h1-4,7,10-12H,5-6,8-9H2,(H,23,25). The van der Waals surface area contributed by atoms with E-state index in [-0.39, 0.29) is 11.6 Å². The SMILES string of the molecule is O=C(c1ccc(C(F)(F)F)cn1)N1CCC(c2c[nH]c3ncccc23)CC1. The van der Waals surface area contributed by atoms with E-state index in [1.54, 1.807) is 11.1 Å². The van der Waals surface area contributed by atoms with Crippen LogP contribution in [0.1, 0.15) is 40.4 Å². The van der Waals surface area contributed by atoms with E-state index in [4.69, 9.17) is 0 Å². The average Bonchev–Trinajstić information content (AvgIpc) is 3.11. The number of nitrogens with one attached hydrogen (secondary N) is 1. The zero-order chi connectivity index (χ0) is 19.0. The van der Waals surface area contributed by atoms with Crippen LogP contribution in [0.5, 0.6) is 0 Å². The number of fused-ring (bicyclic) bond motifs is 1. The van der Waals surface area contributed by atoms with E-state index in [1.807, 2.05) is 18.3 Å². The van der Waals surface area contributed by atoms with Crippen LogP contribution in [0.25, 0.3) is 11.0 Å². The monoisotopic (exact) mass is 374 g/mol. The maximum atomic E-state index is 12.6. The number of aromatic nitrogens is 3. The Morgan fingerprint density at radius 2 is 1.93 bits per heavy atom. The Bertz CT molecular complexity index is 957. The Morgan fingerprint density at radius 3 is 2.59 bits per heavy atom. The molecule has 3 aromatic rings. The predicted molar refractivity (Wildman–Crippen MR) is 93.2 cm³/mol. The van der Waals surface area contributed by atoms with Crippen molar-refractivity contribution in [3.8, 4) is 0 Å². The molecule has 8 heteroatoms. The number of rotatable bonds is 2. The number of pyridine rings is 2. The second-order valence-corrected chi connectivity index (χ2v) is 6.64. The Kier molecular flexibility index (Phi) is 4.33. The molecular formula is C19H17F3N4O. The number of nitrogens with zero attached hydrogens (tertiary/aromatic N) is 3. The summed E-state index contributed by atoms with van der Waals surface area (Å²) in [5.41, 5.74) is 1.22. The van der Waals surface area contributed by atoms with Crippen LogP contribution in [0.15, 0.2) is 42.9 Å². The summed E-state index contributed by atoms with van der Waals surface area (Å²) >= 11 is 0. The molecule has 0 atom stereocenters. The largest absolute Gasteiger partial charge is 0.417 e. The molecule has 0 aromatic carbocycles. The molecule has 27 heavy (non-hydrogen) atoms. The van der Waals surface area contributed by atoms with Gasteiger partial charge in [-0.3, -0.25) is 9.78 Å². The van der Waals surface area contributed by atoms with Crippen LogP contribution in [-0.2, 0) is 6.18 Å². The van der Waals surface area contributed by atoms with Crippen molar-refractivity contribution in [2.45, 2.75) is 24.9 Å². The lowest BCUT2D eigenvalue weighted by Gasteiger charge is -2.31. The second kappa shape index (κ2) is 6.68. The fraction of sp³-hybridized carbons (Fsp3) is 0.316. The summed E-state index contributed by atoms with van der Waals surface area (Å²) < 4.78 is 37.9. The number of alkyl halides is 3. The molecule has 0 bridgehead atoms. The van der Waals surface area contributed by atoms with Crippen LogP contribution in [0.3, 0.4) is 0 Å². The zero-order valence-electron chi connectivity index (χ0n) is 14.3. The van der Waals surface area contributed by atoms with Gasteiger partial charge in [-0.25, -0.2) is 4.98 Å². The topological polar surface area (TPSA) is 61.9 Å². The van der Waals surface area contributed by atoms with Gasteiger partial charge in [0.05, 0.1) is 5.56 Å². The van der Waals surface area contributed by atoms with E-state index in [0.717, 1.165) is 36.0 Å². The molecule has 1 N–H and O–H groups in total. The lowest BCUT2D eigenvalue weighted by atomic mass is 9.89. The first-order chi connectivity index (χ1) is 12.9. The molecule has 1 fully saturated rings. The Hall–Kier alpha value is -2.90. The van der Waals surface area contributed by atoms with Crippen LogP contribution in [0.4, 0.5) is 13.2 Å². The molecule has 5 nitrogen and oxygen atoms in total. The van der Waals surface area contributed by atoms with Crippen molar-refractivity contribution in [3.63, 3.8) is 0 Å². The minimum Gasteiger partial charge on any atom is -0.346 e. The van der Waals surface area contributed by atoms with Crippen LogP contribution < -0.4 is 0 Å². The third kappa shape index (κ3) is 3.39. The Labute approximate surface area is 153 Å². The summed E-state index contributed by atoms with van der Waals surface area (Å²) in [5, 5.41) is 1.09. The molecule has 0 spiro atoms. The van der Waals surface area contributed by atoms with Crippen molar-refractivity contribution < 1.29 is 18.0 Å². The highest BCUT2D eigenvalue weighted by Gasteiger charge is 2.32. The number of amides is 1. The van der Waals surface area contributed by atoms with Gasteiger partial charge in [0.2, 0.25) is 0 Å². The zero-order valence-corrected chi connectivity index (χ0v) is 14.3. The van der Waals surface area contributed by atoms with Crippen molar-refractivity contribution in [2.24, 2.45) is 0 Å². The predicted octanol–water partition coefficient (Wildman–Crippen LogP) is 4.00. The summed E-state index contributed by atoms with van der Waals surface area (Å²) in [6.07, 6.45) is 1.53. The van der Waals surface area contributed by atoms with Crippen molar-refractivity contribution in [2.75, 3.05) is 13.1 Å². The van der Waals surface area contributed by atoms with E-state index in [9.17, 15) is 18.0 Å². The highest BCUT2D eigenvalue weighted by molar-refractivity contribution is 5.92. The lowest BCUT2D eigenvalue weighted by Crippen LogP contribution is -2.38. The molecule has 0 aliphatic carbocycles. The maximum absolute atomic E-state index is 12.6. The van der Waals surface area contributed by atoms with Crippen molar-refractivity contribution in [3.05, 3.63) is 59.7 Å². The highest BCUT2D eigenvalue weighted by atomic mass is 19.4. The van der Waals surface area contributed by atoms with E-state index in [0.29, 0.717) is 25.2 Å². The van der Waals surface area contributed by atoms with Gasteiger partial charge in [-0.2, -0.15) is 13.2 Å². The summed E-state index contributed by atoms with van der Waals surface area (Å²) in [4.78, 5) is 25.4. The summed E-state index contributed by atoms with van der Waals surface area (Å²) in [5.74, 6) is -0.0182. The number of carbonyl (C=O) groups is 1. The first kappa shape index (κ1) is 17.5. The molecule has 0 unspecified atom stereocenters. The van der Waals surface area contributed by atoms with Gasteiger partial charge in [0, 0.05) is 37.1 Å². The van der Waals surface area contributed by atoms with Crippen molar-refractivity contribution >= 4 is 16.9 Å².